The highest BCUT2D eigenvalue weighted by Crippen LogP contribution is 2.20. The van der Waals surface area contributed by atoms with E-state index in [1.165, 1.54) is 4.90 Å². The van der Waals surface area contributed by atoms with Gasteiger partial charge in [-0.2, -0.15) is 0 Å². The molecule has 0 heterocycles. The van der Waals surface area contributed by atoms with Gasteiger partial charge in [-0.25, -0.2) is 8.78 Å². The number of nitrogens with two attached hydrogens (primary N) is 1. The van der Waals surface area contributed by atoms with Crippen LogP contribution in [-0.2, 0) is 0 Å². The number of carbonyl (C=O) groups excluding carboxylic acids is 1. The van der Waals surface area contributed by atoms with Crippen LogP contribution in [0.3, 0.4) is 0 Å². The van der Waals surface area contributed by atoms with Crippen LogP contribution in [0, 0.1) is 11.6 Å². The Morgan fingerprint density at radius 2 is 1.95 bits per heavy atom. The maximum atomic E-state index is 13.2. The molecule has 0 unspecified atom stereocenters. The first-order valence-corrected chi connectivity index (χ1v) is 6.04. The summed E-state index contributed by atoms with van der Waals surface area (Å²) in [4.78, 5) is 13.7. The first-order valence-electron chi connectivity index (χ1n) is 6.04. The maximum Gasteiger partial charge on any atom is 0.256 e. The van der Waals surface area contributed by atoms with Crippen LogP contribution in [0.2, 0.25) is 0 Å². The van der Waals surface area contributed by atoms with Gasteiger partial charge in [-0.05, 0) is 26.3 Å². The molecule has 0 saturated carbocycles. The van der Waals surface area contributed by atoms with Crippen molar-refractivity contribution in [3.8, 4) is 0 Å². The molecule has 0 atom stereocenters. The third-order valence-electron chi connectivity index (χ3n) is 2.76. The average molecular weight is 272 g/mol. The number of rotatable bonds is 5. The molecule has 4 nitrogen and oxygen atoms in total. The molecule has 0 aliphatic heterocycles. The van der Waals surface area contributed by atoms with Crippen molar-refractivity contribution in [1.29, 1.82) is 0 Å². The molecule has 0 aliphatic carbocycles. The predicted octanol–water partition coefficient (Wildman–Crippen LogP) is 1.78. The van der Waals surface area contributed by atoms with Crippen LogP contribution in [0.5, 0.6) is 0 Å². The summed E-state index contributed by atoms with van der Waals surface area (Å²) < 4.78 is 26.2. The van der Waals surface area contributed by atoms with Crippen molar-refractivity contribution in [2.45, 2.75) is 26.3 Å². The molecular weight excluding hydrogens is 254 g/mol. The Hall–Kier alpha value is -1.69. The fourth-order valence-corrected chi connectivity index (χ4v) is 1.74. The second kappa shape index (κ2) is 6.47. The molecule has 0 spiro atoms. The van der Waals surface area contributed by atoms with Crippen molar-refractivity contribution in [3.63, 3.8) is 0 Å². The van der Waals surface area contributed by atoms with E-state index in [9.17, 15) is 13.6 Å². The number of benzene rings is 1. The number of carbonyl (C=O) groups is 1. The third kappa shape index (κ3) is 3.64. The minimum atomic E-state index is -1.11. The molecule has 0 radical (unpaired) electrons. The van der Waals surface area contributed by atoms with Crippen LogP contribution in [0.25, 0.3) is 0 Å². The van der Waals surface area contributed by atoms with Crippen LogP contribution in [0.4, 0.5) is 14.5 Å². The SMILES string of the molecule is CC(C)N(CCCO)C(=O)c1cc(F)c(F)cc1N. The molecule has 0 aromatic heterocycles. The van der Waals surface area contributed by atoms with Crippen LogP contribution in [0.15, 0.2) is 12.1 Å². The van der Waals surface area contributed by atoms with E-state index in [1.54, 1.807) is 13.8 Å². The van der Waals surface area contributed by atoms with E-state index in [1.807, 2.05) is 0 Å². The van der Waals surface area contributed by atoms with E-state index in [-0.39, 0.29) is 23.9 Å². The standard InChI is InChI=1S/C13H18F2N2O2/c1-8(2)17(4-3-5-18)13(19)9-6-10(14)11(15)7-12(9)16/h6-8,18H,3-5,16H2,1-2H3. The molecular formula is C13H18F2N2O2. The predicted molar refractivity (Wildman–Crippen MR) is 68.6 cm³/mol. The lowest BCUT2D eigenvalue weighted by atomic mass is 10.1. The Kier molecular flexibility index (Phi) is 5.23. The van der Waals surface area contributed by atoms with Gasteiger partial charge >= 0.3 is 0 Å². The van der Waals surface area contributed by atoms with Gasteiger partial charge in [0.15, 0.2) is 11.6 Å². The molecule has 19 heavy (non-hydrogen) atoms. The molecule has 0 fully saturated rings. The minimum Gasteiger partial charge on any atom is -0.398 e. The molecule has 0 bridgehead atoms. The molecule has 1 aromatic carbocycles. The maximum absolute atomic E-state index is 13.2. The van der Waals surface area contributed by atoms with Crippen LogP contribution in [-0.4, -0.2) is 35.1 Å². The highest BCUT2D eigenvalue weighted by atomic mass is 19.2. The molecule has 0 aliphatic rings. The molecule has 3 N–H and O–H groups in total. The average Bonchev–Trinajstić information content (AvgIpc) is 2.33. The van der Waals surface area contributed by atoms with Crippen molar-refractivity contribution in [1.82, 2.24) is 4.90 Å². The smallest absolute Gasteiger partial charge is 0.256 e. The molecule has 1 amide bonds. The normalized spacial score (nSPS) is 10.8. The number of nitrogen functional groups attached to an aromatic ring is 1. The number of hydrogen-bond donors (Lipinski definition) is 2. The van der Waals surface area contributed by atoms with Gasteiger partial charge in [0.1, 0.15) is 0 Å². The third-order valence-corrected chi connectivity index (χ3v) is 2.76. The zero-order valence-corrected chi connectivity index (χ0v) is 11.0. The van der Waals surface area contributed by atoms with Gasteiger partial charge in [-0.1, -0.05) is 0 Å². The van der Waals surface area contributed by atoms with E-state index < -0.39 is 17.5 Å². The zero-order valence-electron chi connectivity index (χ0n) is 11.0. The minimum absolute atomic E-state index is 0.0518. The van der Waals surface area contributed by atoms with Crippen molar-refractivity contribution >= 4 is 11.6 Å². The van der Waals surface area contributed by atoms with Gasteiger partial charge in [0.2, 0.25) is 0 Å². The second-order valence-corrected chi connectivity index (χ2v) is 4.52. The number of amides is 1. The van der Waals surface area contributed by atoms with Crippen molar-refractivity contribution in [2.75, 3.05) is 18.9 Å². The first kappa shape index (κ1) is 15.4. The van der Waals surface area contributed by atoms with E-state index in [2.05, 4.69) is 0 Å². The Morgan fingerprint density at radius 3 is 2.47 bits per heavy atom. The van der Waals surface area contributed by atoms with Gasteiger partial charge in [-0.3, -0.25) is 4.79 Å². The van der Waals surface area contributed by atoms with Gasteiger partial charge < -0.3 is 15.7 Å². The summed E-state index contributed by atoms with van der Waals surface area (Å²) in [7, 11) is 0. The summed E-state index contributed by atoms with van der Waals surface area (Å²) in [5.74, 6) is -2.66. The summed E-state index contributed by atoms with van der Waals surface area (Å²) in [6.45, 7) is 3.87. The lowest BCUT2D eigenvalue weighted by Gasteiger charge is -2.27. The van der Waals surface area contributed by atoms with Crippen molar-refractivity contribution in [3.05, 3.63) is 29.3 Å². The first-order chi connectivity index (χ1) is 8.88. The summed E-state index contributed by atoms with van der Waals surface area (Å²) in [5.41, 5.74) is 5.39. The number of halogens is 2. The van der Waals surface area contributed by atoms with Crippen molar-refractivity contribution in [2.24, 2.45) is 0 Å². The Morgan fingerprint density at radius 1 is 1.37 bits per heavy atom. The van der Waals surface area contributed by atoms with E-state index in [4.69, 9.17) is 10.8 Å². The molecule has 0 saturated heterocycles. The summed E-state index contributed by atoms with van der Waals surface area (Å²) in [6, 6.07) is 1.47. The molecule has 1 rings (SSSR count). The summed E-state index contributed by atoms with van der Waals surface area (Å²) in [6.07, 6.45) is 0.410. The fourth-order valence-electron chi connectivity index (χ4n) is 1.74. The Balaban J connectivity index is 3.06. The van der Waals surface area contributed by atoms with Crippen LogP contribution in [0.1, 0.15) is 30.6 Å². The van der Waals surface area contributed by atoms with Crippen molar-refractivity contribution < 1.29 is 18.7 Å². The molecule has 1 aromatic rings. The van der Waals surface area contributed by atoms with E-state index >= 15 is 0 Å². The van der Waals surface area contributed by atoms with Crippen LogP contribution >= 0.6 is 0 Å². The number of nitrogens with zero attached hydrogens (tertiary/aromatic N) is 1. The lowest BCUT2D eigenvalue weighted by molar-refractivity contribution is 0.0693. The zero-order chi connectivity index (χ0) is 14.6. The quantitative estimate of drug-likeness (QED) is 0.803. The fraction of sp³-hybridized carbons (Fsp3) is 0.462. The number of aliphatic hydroxyl groups excluding tert-OH is 1. The number of aliphatic hydroxyl groups is 1. The number of hydrogen-bond acceptors (Lipinski definition) is 3. The number of anilines is 1. The van der Waals surface area contributed by atoms with E-state index in [0.29, 0.717) is 13.0 Å². The summed E-state index contributed by atoms with van der Waals surface area (Å²) in [5, 5.41) is 8.81. The lowest BCUT2D eigenvalue weighted by Crippen LogP contribution is -2.38. The monoisotopic (exact) mass is 272 g/mol. The van der Waals surface area contributed by atoms with Crippen LogP contribution < -0.4 is 5.73 Å². The topological polar surface area (TPSA) is 66.6 Å². The largest absolute Gasteiger partial charge is 0.398 e. The van der Waals surface area contributed by atoms with E-state index in [0.717, 1.165) is 12.1 Å². The Bertz CT molecular complexity index is 464. The second-order valence-electron chi connectivity index (χ2n) is 4.52. The van der Waals surface area contributed by atoms with Gasteiger partial charge in [0, 0.05) is 30.9 Å². The Labute approximate surface area is 110 Å². The highest BCUT2D eigenvalue weighted by molar-refractivity contribution is 5.99. The molecule has 6 heteroatoms. The van der Waals surface area contributed by atoms with Gasteiger partial charge in [-0.15, -0.1) is 0 Å². The van der Waals surface area contributed by atoms with Gasteiger partial charge in [0.05, 0.1) is 5.56 Å². The molecule has 106 valence electrons. The summed E-state index contributed by atoms with van der Waals surface area (Å²) >= 11 is 0. The highest BCUT2D eigenvalue weighted by Gasteiger charge is 2.22. The van der Waals surface area contributed by atoms with Gasteiger partial charge in [0.25, 0.3) is 5.91 Å².